The number of esters is 1. The van der Waals surface area contributed by atoms with Crippen LogP contribution in [0.3, 0.4) is 0 Å². The molecule has 24 heavy (non-hydrogen) atoms. The maximum Gasteiger partial charge on any atom is 0.306 e. The summed E-state index contributed by atoms with van der Waals surface area (Å²) >= 11 is 0. The molecule has 0 aromatic heterocycles. The Labute approximate surface area is 147 Å². The van der Waals surface area contributed by atoms with Gasteiger partial charge in [0, 0.05) is 11.0 Å². The van der Waals surface area contributed by atoms with E-state index >= 15 is 0 Å². The molecule has 0 amide bonds. The van der Waals surface area contributed by atoms with Crippen LogP contribution in [0.4, 0.5) is 0 Å². The third-order valence-corrected chi connectivity index (χ3v) is 3.73. The van der Waals surface area contributed by atoms with E-state index in [0.29, 0.717) is 13.0 Å². The van der Waals surface area contributed by atoms with Crippen molar-refractivity contribution in [1.29, 1.82) is 0 Å². The largest absolute Gasteiger partial charge is 0.493 e. The van der Waals surface area contributed by atoms with E-state index in [1.165, 1.54) is 5.56 Å². The molecule has 0 bridgehead atoms. The summed E-state index contributed by atoms with van der Waals surface area (Å²) < 4.78 is 11.5. The van der Waals surface area contributed by atoms with Gasteiger partial charge in [-0.3, -0.25) is 4.79 Å². The zero-order chi connectivity index (χ0) is 18.7. The summed E-state index contributed by atoms with van der Waals surface area (Å²) in [7, 11) is 0. The molecule has 0 saturated heterocycles. The number of carbonyl (C=O) groups excluding carboxylic acids is 1. The van der Waals surface area contributed by atoms with Crippen molar-refractivity contribution in [2.45, 2.75) is 80.3 Å². The van der Waals surface area contributed by atoms with E-state index in [2.05, 4.69) is 60.6 Å². The SMILES string of the molecule is Cc1cc(C)c(C(C)(C)CC(=O)OC(C)C)c(OCC(C)(C)C)c1. The summed E-state index contributed by atoms with van der Waals surface area (Å²) in [6.45, 7) is 19.2. The molecule has 0 saturated carbocycles. The predicted octanol–water partition coefficient (Wildman–Crippen LogP) is 5.35. The molecule has 1 aromatic carbocycles. The lowest BCUT2D eigenvalue weighted by atomic mass is 9.78. The molecule has 3 nitrogen and oxygen atoms in total. The first-order valence-electron chi connectivity index (χ1n) is 8.76. The Morgan fingerprint density at radius 3 is 2.17 bits per heavy atom. The van der Waals surface area contributed by atoms with Gasteiger partial charge < -0.3 is 9.47 Å². The van der Waals surface area contributed by atoms with Crippen molar-refractivity contribution in [1.82, 2.24) is 0 Å². The van der Waals surface area contributed by atoms with E-state index in [9.17, 15) is 4.79 Å². The first kappa shape index (κ1) is 20.5. The highest BCUT2D eigenvalue weighted by Gasteiger charge is 2.31. The van der Waals surface area contributed by atoms with Gasteiger partial charge in [-0.15, -0.1) is 0 Å². The molecule has 0 spiro atoms. The van der Waals surface area contributed by atoms with Crippen LogP contribution in [-0.2, 0) is 14.9 Å². The minimum Gasteiger partial charge on any atom is -0.493 e. The van der Waals surface area contributed by atoms with Crippen LogP contribution >= 0.6 is 0 Å². The fourth-order valence-corrected chi connectivity index (χ4v) is 2.96. The van der Waals surface area contributed by atoms with E-state index in [1.54, 1.807) is 0 Å². The molecule has 0 unspecified atom stereocenters. The van der Waals surface area contributed by atoms with Gasteiger partial charge in [-0.25, -0.2) is 0 Å². The molecule has 0 aliphatic heterocycles. The lowest BCUT2D eigenvalue weighted by Crippen LogP contribution is -2.27. The number of aryl methyl sites for hydroxylation is 2. The van der Waals surface area contributed by atoms with Gasteiger partial charge in [-0.1, -0.05) is 40.7 Å². The third-order valence-electron chi connectivity index (χ3n) is 3.73. The molecule has 3 heteroatoms. The highest BCUT2D eigenvalue weighted by Crippen LogP contribution is 2.38. The average Bonchev–Trinajstić information content (AvgIpc) is 2.31. The normalized spacial score (nSPS) is 12.4. The van der Waals surface area contributed by atoms with E-state index in [4.69, 9.17) is 9.47 Å². The summed E-state index contributed by atoms with van der Waals surface area (Å²) in [5.74, 6) is 0.710. The second-order valence-corrected chi connectivity index (χ2v) is 8.90. The second-order valence-electron chi connectivity index (χ2n) is 8.90. The van der Waals surface area contributed by atoms with Crippen LogP contribution in [0.5, 0.6) is 5.75 Å². The average molecular weight is 335 g/mol. The Morgan fingerprint density at radius 1 is 1.08 bits per heavy atom. The molecule has 0 atom stereocenters. The van der Waals surface area contributed by atoms with Crippen LogP contribution in [0.2, 0.25) is 0 Å². The summed E-state index contributed by atoms with van der Waals surface area (Å²) in [6.07, 6.45) is 0.241. The third kappa shape index (κ3) is 6.18. The summed E-state index contributed by atoms with van der Waals surface area (Å²) in [5.41, 5.74) is 3.15. The standard InChI is InChI=1S/C21H34O3/c1-14(2)24-18(22)12-21(8,9)19-16(4)10-15(3)11-17(19)23-13-20(5,6)7/h10-11,14H,12-13H2,1-9H3. The van der Waals surface area contributed by atoms with Crippen LogP contribution in [0.15, 0.2) is 12.1 Å². The van der Waals surface area contributed by atoms with Crippen LogP contribution in [0.25, 0.3) is 0 Å². The van der Waals surface area contributed by atoms with Crippen LogP contribution in [0.1, 0.15) is 71.6 Å². The highest BCUT2D eigenvalue weighted by molar-refractivity contribution is 5.72. The van der Waals surface area contributed by atoms with Gasteiger partial charge in [0.05, 0.1) is 19.1 Å². The monoisotopic (exact) mass is 334 g/mol. The van der Waals surface area contributed by atoms with Gasteiger partial charge in [0.1, 0.15) is 5.75 Å². The smallest absolute Gasteiger partial charge is 0.306 e. The molecule has 0 N–H and O–H groups in total. The van der Waals surface area contributed by atoms with Crippen LogP contribution in [0, 0.1) is 19.3 Å². The first-order valence-corrected chi connectivity index (χ1v) is 8.76. The van der Waals surface area contributed by atoms with Crippen molar-refractivity contribution in [2.75, 3.05) is 6.61 Å². The van der Waals surface area contributed by atoms with Gasteiger partial charge >= 0.3 is 5.97 Å². The fraction of sp³-hybridized carbons (Fsp3) is 0.667. The van der Waals surface area contributed by atoms with Gasteiger partial charge in [0.25, 0.3) is 0 Å². The number of hydrogen-bond donors (Lipinski definition) is 0. The highest BCUT2D eigenvalue weighted by atomic mass is 16.5. The molecule has 1 aromatic rings. The molecule has 0 heterocycles. The molecule has 0 aliphatic carbocycles. The minimum absolute atomic E-state index is 0.0790. The zero-order valence-corrected chi connectivity index (χ0v) is 16.9. The number of ether oxygens (including phenoxy) is 2. The number of benzene rings is 1. The zero-order valence-electron chi connectivity index (χ0n) is 16.9. The van der Waals surface area contributed by atoms with Crippen molar-refractivity contribution in [3.63, 3.8) is 0 Å². The van der Waals surface area contributed by atoms with Gasteiger partial charge in [0.2, 0.25) is 0 Å². The van der Waals surface area contributed by atoms with E-state index < -0.39 is 0 Å². The van der Waals surface area contributed by atoms with Crippen molar-refractivity contribution < 1.29 is 14.3 Å². The Bertz CT molecular complexity index is 577. The predicted molar refractivity (Wildman–Crippen MR) is 99.7 cm³/mol. The van der Waals surface area contributed by atoms with Gasteiger partial charge in [-0.05, 0) is 50.3 Å². The van der Waals surface area contributed by atoms with Crippen molar-refractivity contribution in [2.24, 2.45) is 5.41 Å². The number of hydrogen-bond acceptors (Lipinski definition) is 3. The fourth-order valence-electron chi connectivity index (χ4n) is 2.96. The van der Waals surface area contributed by atoms with Gasteiger partial charge in [-0.2, -0.15) is 0 Å². The number of rotatable bonds is 6. The molecular formula is C21H34O3. The summed E-state index contributed by atoms with van der Waals surface area (Å²) in [6, 6.07) is 4.22. The minimum atomic E-state index is -0.350. The van der Waals surface area contributed by atoms with E-state index in [1.807, 2.05) is 13.8 Å². The lowest BCUT2D eigenvalue weighted by molar-refractivity contribution is -0.148. The second kappa shape index (κ2) is 7.58. The molecule has 0 aliphatic rings. The Hall–Kier alpha value is -1.51. The molecule has 1 rings (SSSR count). The Balaban J connectivity index is 3.17. The Kier molecular flexibility index (Phi) is 6.49. The van der Waals surface area contributed by atoms with Crippen molar-refractivity contribution >= 4 is 5.97 Å². The molecular weight excluding hydrogens is 300 g/mol. The maximum absolute atomic E-state index is 12.2. The quantitative estimate of drug-likeness (QED) is 0.658. The van der Waals surface area contributed by atoms with Gasteiger partial charge in [0.15, 0.2) is 0 Å². The van der Waals surface area contributed by atoms with E-state index in [-0.39, 0.29) is 22.9 Å². The Morgan fingerprint density at radius 2 is 1.67 bits per heavy atom. The molecule has 0 fully saturated rings. The van der Waals surface area contributed by atoms with Crippen molar-refractivity contribution in [3.05, 3.63) is 28.8 Å². The summed E-state index contributed by atoms with van der Waals surface area (Å²) in [4.78, 5) is 12.2. The van der Waals surface area contributed by atoms with Crippen LogP contribution in [-0.4, -0.2) is 18.7 Å². The lowest BCUT2D eigenvalue weighted by Gasteiger charge is -2.30. The van der Waals surface area contributed by atoms with Crippen molar-refractivity contribution in [3.8, 4) is 5.75 Å². The maximum atomic E-state index is 12.2. The molecule has 136 valence electrons. The van der Waals surface area contributed by atoms with Crippen LogP contribution < -0.4 is 4.74 Å². The first-order chi connectivity index (χ1) is 10.8. The topological polar surface area (TPSA) is 35.5 Å². The summed E-state index contributed by atoms with van der Waals surface area (Å²) in [5, 5.41) is 0. The molecule has 0 radical (unpaired) electrons. The number of carbonyl (C=O) groups is 1. The van der Waals surface area contributed by atoms with E-state index in [0.717, 1.165) is 16.9 Å².